The van der Waals surface area contributed by atoms with Crippen molar-refractivity contribution in [2.45, 2.75) is 20.4 Å². The van der Waals surface area contributed by atoms with Crippen LogP contribution in [0.1, 0.15) is 29.9 Å². The van der Waals surface area contributed by atoms with Crippen molar-refractivity contribution < 1.29 is 23.7 Å². The highest BCUT2D eigenvalue weighted by atomic mass is 32.1. The van der Waals surface area contributed by atoms with E-state index in [0.717, 1.165) is 10.4 Å². The smallest absolute Gasteiger partial charge is 0.260 e. The molecule has 0 spiro atoms. The second kappa shape index (κ2) is 11.1. The summed E-state index contributed by atoms with van der Waals surface area (Å²) in [6, 6.07) is 14.4. The zero-order valence-corrected chi connectivity index (χ0v) is 20.9. The van der Waals surface area contributed by atoms with Gasteiger partial charge in [0.25, 0.3) is 5.91 Å². The summed E-state index contributed by atoms with van der Waals surface area (Å²) < 4.78 is 23.2. The minimum Gasteiger partial charge on any atom is -0.495 e. The lowest BCUT2D eigenvalue weighted by Crippen LogP contribution is -2.30. The molecule has 0 bridgehead atoms. The Morgan fingerprint density at radius 3 is 2.31 bits per heavy atom. The summed E-state index contributed by atoms with van der Waals surface area (Å²) in [5.74, 6) is 2.14. The fourth-order valence-electron chi connectivity index (χ4n) is 3.61. The topological polar surface area (TPSA) is 83.0 Å². The monoisotopic (exact) mass is 493 g/mol. The third-order valence-electron chi connectivity index (χ3n) is 5.21. The standard InChI is InChI=1S/C26H27N3O5S/c1-5-33-19-11-10-17(15-22(19)34-6-2)25(30)29(16-18-9-7-8-14-27-18)26-28-23-20(31-3)12-13-21(32-4)24(23)35-26/h7-15H,5-6,16H2,1-4H3. The van der Waals surface area contributed by atoms with Crippen LogP contribution in [-0.4, -0.2) is 43.3 Å². The molecule has 0 aliphatic heterocycles. The maximum atomic E-state index is 13.9. The molecule has 9 heteroatoms. The number of carbonyl (C=O) groups excluding carboxylic acids is 1. The number of ether oxygens (including phenoxy) is 4. The zero-order chi connectivity index (χ0) is 24.8. The molecule has 35 heavy (non-hydrogen) atoms. The highest BCUT2D eigenvalue weighted by molar-refractivity contribution is 7.22. The summed E-state index contributed by atoms with van der Waals surface area (Å²) in [5.41, 5.74) is 1.81. The molecule has 182 valence electrons. The lowest BCUT2D eigenvalue weighted by Gasteiger charge is -2.20. The molecule has 0 atom stereocenters. The molecular weight excluding hydrogens is 466 g/mol. The Morgan fingerprint density at radius 2 is 1.63 bits per heavy atom. The second-order valence-electron chi connectivity index (χ2n) is 7.38. The number of anilines is 1. The molecule has 8 nitrogen and oxygen atoms in total. The molecule has 4 aromatic rings. The third kappa shape index (κ3) is 5.14. The van der Waals surface area contributed by atoms with Gasteiger partial charge in [-0.25, -0.2) is 4.98 Å². The second-order valence-corrected chi connectivity index (χ2v) is 8.36. The largest absolute Gasteiger partial charge is 0.495 e. The first kappa shape index (κ1) is 24.3. The van der Waals surface area contributed by atoms with Crippen LogP contribution in [0.2, 0.25) is 0 Å². The lowest BCUT2D eigenvalue weighted by molar-refractivity contribution is 0.0984. The van der Waals surface area contributed by atoms with E-state index in [1.54, 1.807) is 49.6 Å². The van der Waals surface area contributed by atoms with Crippen molar-refractivity contribution >= 4 is 32.6 Å². The van der Waals surface area contributed by atoms with E-state index < -0.39 is 0 Å². The van der Waals surface area contributed by atoms with Crippen LogP contribution in [0.4, 0.5) is 5.13 Å². The van der Waals surface area contributed by atoms with Crippen LogP contribution in [0.5, 0.6) is 23.0 Å². The van der Waals surface area contributed by atoms with Gasteiger partial charge in [-0.05, 0) is 56.3 Å². The number of aromatic nitrogens is 2. The molecule has 4 rings (SSSR count). The average Bonchev–Trinajstić information content (AvgIpc) is 3.33. The molecule has 2 heterocycles. The van der Waals surface area contributed by atoms with Crippen molar-refractivity contribution in [3.8, 4) is 23.0 Å². The van der Waals surface area contributed by atoms with Crippen molar-refractivity contribution in [2.75, 3.05) is 32.3 Å². The van der Waals surface area contributed by atoms with Crippen LogP contribution in [-0.2, 0) is 6.54 Å². The quantitative estimate of drug-likeness (QED) is 0.294. The van der Waals surface area contributed by atoms with E-state index in [9.17, 15) is 4.79 Å². The van der Waals surface area contributed by atoms with Gasteiger partial charge in [-0.3, -0.25) is 14.7 Å². The minimum absolute atomic E-state index is 0.237. The van der Waals surface area contributed by atoms with Crippen LogP contribution in [0, 0.1) is 0 Å². The summed E-state index contributed by atoms with van der Waals surface area (Å²) in [6.45, 7) is 4.97. The summed E-state index contributed by atoms with van der Waals surface area (Å²) in [6.07, 6.45) is 1.70. The maximum Gasteiger partial charge on any atom is 0.260 e. The molecule has 0 unspecified atom stereocenters. The molecule has 0 fully saturated rings. The van der Waals surface area contributed by atoms with Gasteiger partial charge in [-0.15, -0.1) is 0 Å². The Labute approximate surface area is 208 Å². The van der Waals surface area contributed by atoms with Crippen molar-refractivity contribution in [2.24, 2.45) is 0 Å². The molecule has 2 aromatic carbocycles. The zero-order valence-electron chi connectivity index (χ0n) is 20.1. The number of amides is 1. The molecule has 2 aromatic heterocycles. The highest BCUT2D eigenvalue weighted by Crippen LogP contribution is 2.41. The molecule has 0 saturated heterocycles. The molecule has 1 amide bonds. The Bertz CT molecular complexity index is 1270. The van der Waals surface area contributed by atoms with Gasteiger partial charge in [-0.2, -0.15) is 0 Å². The Hall–Kier alpha value is -3.85. The fraction of sp³-hybridized carbons (Fsp3) is 0.269. The van der Waals surface area contributed by atoms with Gasteiger partial charge in [0.15, 0.2) is 16.6 Å². The summed E-state index contributed by atoms with van der Waals surface area (Å²) >= 11 is 1.36. The van der Waals surface area contributed by atoms with Crippen molar-refractivity contribution in [1.29, 1.82) is 0 Å². The van der Waals surface area contributed by atoms with Gasteiger partial charge in [0.1, 0.15) is 21.7 Å². The minimum atomic E-state index is -0.239. The Balaban J connectivity index is 1.81. The Morgan fingerprint density at radius 1 is 0.914 bits per heavy atom. The van der Waals surface area contributed by atoms with Gasteiger partial charge in [0, 0.05) is 11.8 Å². The number of nitrogens with zero attached hydrogens (tertiary/aromatic N) is 3. The summed E-state index contributed by atoms with van der Waals surface area (Å²) in [7, 11) is 3.19. The number of fused-ring (bicyclic) bond motifs is 1. The van der Waals surface area contributed by atoms with E-state index in [2.05, 4.69) is 4.98 Å². The Kier molecular flexibility index (Phi) is 7.67. The van der Waals surface area contributed by atoms with Crippen molar-refractivity contribution in [1.82, 2.24) is 9.97 Å². The van der Waals surface area contributed by atoms with E-state index in [1.165, 1.54) is 11.3 Å². The molecule has 0 N–H and O–H groups in total. The van der Waals surface area contributed by atoms with Gasteiger partial charge in [0.05, 0.1) is 39.7 Å². The predicted octanol–water partition coefficient (Wildman–Crippen LogP) is 5.35. The molecule has 0 saturated carbocycles. The lowest BCUT2D eigenvalue weighted by atomic mass is 10.1. The normalized spacial score (nSPS) is 10.7. The molecule has 0 aliphatic rings. The van der Waals surface area contributed by atoms with Gasteiger partial charge in [-0.1, -0.05) is 17.4 Å². The number of hydrogen-bond donors (Lipinski definition) is 0. The van der Waals surface area contributed by atoms with E-state index >= 15 is 0 Å². The first-order chi connectivity index (χ1) is 17.1. The van der Waals surface area contributed by atoms with E-state index in [0.29, 0.717) is 52.4 Å². The number of benzene rings is 2. The van der Waals surface area contributed by atoms with Crippen molar-refractivity contribution in [3.05, 3.63) is 66.0 Å². The number of hydrogen-bond acceptors (Lipinski definition) is 8. The van der Waals surface area contributed by atoms with Gasteiger partial charge >= 0.3 is 0 Å². The number of pyridine rings is 1. The molecular formula is C26H27N3O5S. The highest BCUT2D eigenvalue weighted by Gasteiger charge is 2.25. The van der Waals surface area contributed by atoms with E-state index in [1.807, 2.05) is 38.1 Å². The maximum absolute atomic E-state index is 13.9. The van der Waals surface area contributed by atoms with Gasteiger partial charge < -0.3 is 18.9 Å². The van der Waals surface area contributed by atoms with Gasteiger partial charge in [0.2, 0.25) is 0 Å². The van der Waals surface area contributed by atoms with E-state index in [4.69, 9.17) is 23.9 Å². The van der Waals surface area contributed by atoms with Crippen LogP contribution in [0.25, 0.3) is 10.2 Å². The molecule has 0 aliphatic carbocycles. The van der Waals surface area contributed by atoms with Crippen LogP contribution >= 0.6 is 11.3 Å². The predicted molar refractivity (Wildman–Crippen MR) is 136 cm³/mol. The third-order valence-corrected chi connectivity index (χ3v) is 6.30. The average molecular weight is 494 g/mol. The number of thiazole rings is 1. The number of methoxy groups -OCH3 is 2. The SMILES string of the molecule is CCOc1ccc(C(=O)N(Cc2ccccn2)c2nc3c(OC)ccc(OC)c3s2)cc1OCC. The van der Waals surface area contributed by atoms with Crippen LogP contribution in [0.3, 0.4) is 0 Å². The first-order valence-corrected chi connectivity index (χ1v) is 12.0. The van der Waals surface area contributed by atoms with Crippen LogP contribution in [0.15, 0.2) is 54.7 Å². The first-order valence-electron chi connectivity index (χ1n) is 11.2. The fourth-order valence-corrected chi connectivity index (χ4v) is 4.68. The van der Waals surface area contributed by atoms with E-state index in [-0.39, 0.29) is 12.5 Å². The summed E-state index contributed by atoms with van der Waals surface area (Å²) in [4.78, 5) is 24.7. The van der Waals surface area contributed by atoms with Crippen molar-refractivity contribution in [3.63, 3.8) is 0 Å². The molecule has 0 radical (unpaired) electrons. The van der Waals surface area contributed by atoms with Crippen LogP contribution < -0.4 is 23.8 Å². The number of carbonyl (C=O) groups is 1. The number of rotatable bonds is 10. The summed E-state index contributed by atoms with van der Waals surface area (Å²) in [5, 5.41) is 0.505.